The van der Waals surface area contributed by atoms with Crippen LogP contribution in [0.5, 0.6) is 0 Å². The molecule has 0 radical (unpaired) electrons. The lowest BCUT2D eigenvalue weighted by molar-refractivity contribution is -0.117. The molecule has 3 rings (SSSR count). The number of hydrogen-bond acceptors (Lipinski definition) is 4. The van der Waals surface area contributed by atoms with Crippen LogP contribution in [-0.4, -0.2) is 20.2 Å². The third-order valence-electron chi connectivity index (χ3n) is 4.02. The number of sulfonamides is 1. The molecule has 0 fully saturated rings. The van der Waals surface area contributed by atoms with Gasteiger partial charge in [-0.1, -0.05) is 36.4 Å². The Hall–Kier alpha value is -3.65. The van der Waals surface area contributed by atoms with Gasteiger partial charge in [0.05, 0.1) is 11.3 Å². The first kappa shape index (κ1) is 20.1. The van der Waals surface area contributed by atoms with Crippen molar-refractivity contribution in [3.63, 3.8) is 0 Å². The van der Waals surface area contributed by atoms with Crippen molar-refractivity contribution in [2.45, 2.75) is 11.3 Å². The van der Waals surface area contributed by atoms with E-state index in [0.29, 0.717) is 11.3 Å². The molecule has 0 aliphatic heterocycles. The molecule has 148 valence electrons. The molecule has 0 bridgehead atoms. The minimum absolute atomic E-state index is 0.123. The Morgan fingerprint density at radius 2 is 1.52 bits per heavy atom. The fraction of sp³-hybridized carbons (Fsp3) is 0.0476. The molecule has 0 atom stereocenters. The average molecular weight is 409 g/mol. The smallest absolute Gasteiger partial charge is 0.261 e. The molecule has 0 heterocycles. The molecule has 4 N–H and O–H groups in total. The fourth-order valence-corrected chi connectivity index (χ4v) is 3.72. The van der Waals surface area contributed by atoms with Gasteiger partial charge >= 0.3 is 0 Å². The number of nitrogens with one attached hydrogen (secondary N) is 2. The lowest BCUT2D eigenvalue weighted by atomic mass is 10.1. The summed E-state index contributed by atoms with van der Waals surface area (Å²) in [5.74, 6) is -0.829. The molecule has 8 heteroatoms. The number of carbonyl (C=O) groups excluding carboxylic acids is 2. The number of rotatable bonds is 7. The molecule has 0 spiro atoms. The first-order valence-corrected chi connectivity index (χ1v) is 10.2. The minimum atomic E-state index is -3.75. The van der Waals surface area contributed by atoms with Gasteiger partial charge in [-0.3, -0.25) is 14.3 Å². The van der Waals surface area contributed by atoms with E-state index in [4.69, 9.17) is 5.73 Å². The average Bonchev–Trinajstić information content (AvgIpc) is 2.69. The SMILES string of the molecule is NC(=O)Cc1ccc(NC(=O)c2cccc(NS(=O)(=O)c3ccccc3)c2)cc1. The molecule has 2 amide bonds. The van der Waals surface area contributed by atoms with Crippen LogP contribution < -0.4 is 15.8 Å². The van der Waals surface area contributed by atoms with E-state index in [0.717, 1.165) is 5.56 Å². The first-order valence-electron chi connectivity index (χ1n) is 8.70. The second-order valence-electron chi connectivity index (χ2n) is 6.29. The minimum Gasteiger partial charge on any atom is -0.369 e. The van der Waals surface area contributed by atoms with Crippen LogP contribution in [0, 0.1) is 0 Å². The van der Waals surface area contributed by atoms with Crippen LogP contribution in [0.25, 0.3) is 0 Å². The van der Waals surface area contributed by atoms with E-state index in [1.807, 2.05) is 0 Å². The van der Waals surface area contributed by atoms with E-state index in [9.17, 15) is 18.0 Å². The highest BCUT2D eigenvalue weighted by atomic mass is 32.2. The number of hydrogen-bond donors (Lipinski definition) is 3. The van der Waals surface area contributed by atoms with Gasteiger partial charge in [0.1, 0.15) is 0 Å². The number of nitrogens with two attached hydrogens (primary N) is 1. The number of carbonyl (C=O) groups is 2. The Morgan fingerprint density at radius 1 is 0.828 bits per heavy atom. The number of benzene rings is 3. The molecule has 0 saturated carbocycles. The molecule has 0 saturated heterocycles. The molecule has 29 heavy (non-hydrogen) atoms. The summed E-state index contributed by atoms with van der Waals surface area (Å²) >= 11 is 0. The quantitative estimate of drug-likeness (QED) is 0.556. The molecule has 0 aliphatic rings. The standard InChI is InChI=1S/C21H19N3O4S/c22-20(25)13-15-9-11-17(12-10-15)23-21(26)16-5-4-6-18(14-16)24-29(27,28)19-7-2-1-3-8-19/h1-12,14,24H,13H2,(H2,22,25)(H,23,26). The van der Waals surface area contributed by atoms with Crippen molar-refractivity contribution in [1.29, 1.82) is 0 Å². The van der Waals surface area contributed by atoms with Gasteiger partial charge in [0.25, 0.3) is 15.9 Å². The summed E-state index contributed by atoms with van der Waals surface area (Å²) in [6.07, 6.45) is 0.123. The topological polar surface area (TPSA) is 118 Å². The zero-order valence-electron chi connectivity index (χ0n) is 15.3. The van der Waals surface area contributed by atoms with E-state index >= 15 is 0 Å². The van der Waals surface area contributed by atoms with Crippen LogP contribution in [0.2, 0.25) is 0 Å². The second kappa shape index (κ2) is 8.57. The maximum Gasteiger partial charge on any atom is 0.261 e. The molecule has 0 unspecified atom stereocenters. The van der Waals surface area contributed by atoms with Crippen LogP contribution in [0.1, 0.15) is 15.9 Å². The number of anilines is 2. The molecule has 7 nitrogen and oxygen atoms in total. The van der Waals surface area contributed by atoms with E-state index < -0.39 is 21.8 Å². The second-order valence-corrected chi connectivity index (χ2v) is 7.98. The molecular formula is C21H19N3O4S. The van der Waals surface area contributed by atoms with E-state index in [2.05, 4.69) is 10.0 Å². The number of amides is 2. The van der Waals surface area contributed by atoms with Crippen molar-refractivity contribution in [1.82, 2.24) is 0 Å². The molecule has 0 aliphatic carbocycles. The van der Waals surface area contributed by atoms with Crippen LogP contribution in [-0.2, 0) is 21.2 Å². The number of primary amides is 1. The lowest BCUT2D eigenvalue weighted by Gasteiger charge is -2.10. The predicted molar refractivity (Wildman–Crippen MR) is 111 cm³/mol. The molecule has 0 aromatic heterocycles. The maximum absolute atomic E-state index is 12.5. The predicted octanol–water partition coefficient (Wildman–Crippen LogP) is 2.77. The van der Waals surface area contributed by atoms with Crippen molar-refractivity contribution in [2.24, 2.45) is 5.73 Å². The largest absolute Gasteiger partial charge is 0.369 e. The van der Waals surface area contributed by atoms with Crippen molar-refractivity contribution in [2.75, 3.05) is 10.0 Å². The Labute approximate surface area is 168 Å². The fourth-order valence-electron chi connectivity index (χ4n) is 2.65. The molecule has 3 aromatic carbocycles. The zero-order chi connectivity index (χ0) is 20.9. The van der Waals surface area contributed by atoms with Gasteiger partial charge in [-0.15, -0.1) is 0 Å². The van der Waals surface area contributed by atoms with Gasteiger partial charge in [0.15, 0.2) is 0 Å². The summed E-state index contributed by atoms with van der Waals surface area (Å²) < 4.78 is 27.3. The van der Waals surface area contributed by atoms with Gasteiger partial charge in [0.2, 0.25) is 5.91 Å². The highest BCUT2D eigenvalue weighted by Crippen LogP contribution is 2.18. The van der Waals surface area contributed by atoms with Crippen LogP contribution in [0.15, 0.2) is 83.8 Å². The Balaban J connectivity index is 1.72. The van der Waals surface area contributed by atoms with Gasteiger partial charge in [-0.25, -0.2) is 8.42 Å². The summed E-state index contributed by atoms with van der Waals surface area (Å²) in [7, 11) is -3.75. The van der Waals surface area contributed by atoms with Crippen LogP contribution in [0.3, 0.4) is 0 Å². The summed E-state index contributed by atoms with van der Waals surface area (Å²) in [6, 6.07) is 20.9. The van der Waals surface area contributed by atoms with Crippen molar-refractivity contribution in [3.05, 3.63) is 90.0 Å². The van der Waals surface area contributed by atoms with Gasteiger partial charge in [0, 0.05) is 16.9 Å². The third kappa shape index (κ3) is 5.43. The summed E-state index contributed by atoms with van der Waals surface area (Å²) in [4.78, 5) is 23.6. The summed E-state index contributed by atoms with van der Waals surface area (Å²) in [6.45, 7) is 0. The van der Waals surface area contributed by atoms with E-state index in [1.165, 1.54) is 18.2 Å². The van der Waals surface area contributed by atoms with Crippen molar-refractivity contribution in [3.8, 4) is 0 Å². The Bertz CT molecular complexity index is 1130. The van der Waals surface area contributed by atoms with Gasteiger partial charge < -0.3 is 11.1 Å². The highest BCUT2D eigenvalue weighted by molar-refractivity contribution is 7.92. The Morgan fingerprint density at radius 3 is 2.17 bits per heavy atom. The van der Waals surface area contributed by atoms with Crippen molar-refractivity contribution >= 4 is 33.2 Å². The van der Waals surface area contributed by atoms with Crippen molar-refractivity contribution < 1.29 is 18.0 Å². The summed E-state index contributed by atoms with van der Waals surface area (Å²) in [5, 5.41) is 2.73. The van der Waals surface area contributed by atoms with Gasteiger partial charge in [-0.05, 0) is 48.0 Å². The lowest BCUT2D eigenvalue weighted by Crippen LogP contribution is -2.15. The summed E-state index contributed by atoms with van der Waals surface area (Å²) in [5.41, 5.74) is 7.01. The van der Waals surface area contributed by atoms with Gasteiger partial charge in [-0.2, -0.15) is 0 Å². The highest BCUT2D eigenvalue weighted by Gasteiger charge is 2.14. The maximum atomic E-state index is 12.5. The van der Waals surface area contributed by atoms with E-state index in [1.54, 1.807) is 60.7 Å². The first-order chi connectivity index (χ1) is 13.8. The van der Waals surface area contributed by atoms with Crippen LogP contribution in [0.4, 0.5) is 11.4 Å². The van der Waals surface area contributed by atoms with Crippen LogP contribution >= 0.6 is 0 Å². The van der Waals surface area contributed by atoms with E-state index in [-0.39, 0.29) is 17.0 Å². The Kier molecular flexibility index (Phi) is 5.94. The zero-order valence-corrected chi connectivity index (χ0v) is 16.1. The molecular weight excluding hydrogens is 390 g/mol. The normalized spacial score (nSPS) is 10.9. The monoisotopic (exact) mass is 409 g/mol. The molecule has 3 aromatic rings. The third-order valence-corrected chi connectivity index (χ3v) is 5.42.